The monoisotopic (exact) mass is 605 g/mol. The molecule has 6 rings (SSSR count). The van der Waals surface area contributed by atoms with Gasteiger partial charge >= 0.3 is 12.1 Å². The van der Waals surface area contributed by atoms with E-state index in [4.69, 9.17) is 24.4 Å². The van der Waals surface area contributed by atoms with Crippen molar-refractivity contribution in [3.05, 3.63) is 66.2 Å². The summed E-state index contributed by atoms with van der Waals surface area (Å²) in [7, 11) is 0. The Morgan fingerprint density at radius 3 is 2.50 bits per heavy atom. The number of anilines is 3. The van der Waals surface area contributed by atoms with Gasteiger partial charge in [-0.05, 0) is 54.3 Å². The number of nitrogens with zero attached hydrogens (tertiary/aromatic N) is 6. The van der Waals surface area contributed by atoms with E-state index in [0.29, 0.717) is 46.2 Å². The quantitative estimate of drug-likeness (QED) is 0.244. The van der Waals surface area contributed by atoms with E-state index in [1.165, 1.54) is 12.1 Å². The van der Waals surface area contributed by atoms with Gasteiger partial charge in [0.25, 0.3) is 0 Å². The smallest absolute Gasteiger partial charge is 0.490 e. The van der Waals surface area contributed by atoms with Crippen molar-refractivity contribution in [3.63, 3.8) is 0 Å². The number of hydrogen-bond acceptors (Lipinski definition) is 10. The summed E-state index contributed by atoms with van der Waals surface area (Å²) in [5, 5.41) is 14.4. The Balaban J connectivity index is 0.000000451. The molecular formula is C26H23F4N7O4S. The standard InChI is InChI=1S/C24H22FN7O2S.C2HF3O2/c25-17-2-1-3-18(14-17)27-22-20-19(8-13-35(20)33)28-24(30-22)32-11-6-16(7-12-32)23-29-21(31-34-23)15-4-9-26-10-5-15;3-2(4,5)1(6)7/h1-5,9-10,14,16H,6-8,11-13H2,(H,27,28,30);(H,6,7). The highest BCUT2D eigenvalue weighted by atomic mass is 32.2. The molecule has 2 aliphatic heterocycles. The Morgan fingerprint density at radius 2 is 1.83 bits per heavy atom. The second-order valence-corrected chi connectivity index (χ2v) is 10.8. The number of benzene rings is 1. The molecule has 2 N–H and O–H groups in total. The average Bonchev–Trinajstić information content (AvgIpc) is 3.61. The van der Waals surface area contributed by atoms with E-state index in [1.807, 2.05) is 12.1 Å². The van der Waals surface area contributed by atoms with Crippen LogP contribution in [0.15, 0.2) is 58.2 Å². The first-order valence-corrected chi connectivity index (χ1v) is 14.0. The zero-order valence-corrected chi connectivity index (χ0v) is 22.5. The Morgan fingerprint density at radius 1 is 1.12 bits per heavy atom. The van der Waals surface area contributed by atoms with E-state index in [-0.39, 0.29) is 11.7 Å². The van der Waals surface area contributed by atoms with Crippen LogP contribution in [0.25, 0.3) is 11.4 Å². The molecule has 1 saturated heterocycles. The van der Waals surface area contributed by atoms with Gasteiger partial charge < -0.3 is 24.4 Å². The molecule has 2 aliphatic rings. The van der Waals surface area contributed by atoms with Crippen molar-refractivity contribution in [2.24, 2.45) is 0 Å². The lowest BCUT2D eigenvalue weighted by atomic mass is 9.97. The van der Waals surface area contributed by atoms with Crippen LogP contribution >= 0.6 is 0 Å². The zero-order valence-electron chi connectivity index (χ0n) is 21.7. The van der Waals surface area contributed by atoms with Crippen molar-refractivity contribution in [2.45, 2.75) is 36.3 Å². The molecule has 0 amide bonds. The first-order chi connectivity index (χ1) is 20.1. The van der Waals surface area contributed by atoms with Gasteiger partial charge in [0.15, 0.2) is 5.82 Å². The van der Waals surface area contributed by atoms with E-state index in [2.05, 4.69) is 25.3 Å². The molecule has 220 valence electrons. The van der Waals surface area contributed by atoms with E-state index < -0.39 is 23.3 Å². The van der Waals surface area contributed by atoms with Gasteiger partial charge in [-0.25, -0.2) is 14.2 Å². The largest absolute Gasteiger partial charge is 0.611 e. The number of aromatic nitrogens is 5. The highest BCUT2D eigenvalue weighted by molar-refractivity contribution is 7.91. The predicted octanol–water partition coefficient (Wildman–Crippen LogP) is 4.49. The fourth-order valence-electron chi connectivity index (χ4n) is 4.46. The topological polar surface area (TPSA) is 153 Å². The summed E-state index contributed by atoms with van der Waals surface area (Å²) in [4.78, 5) is 29.7. The van der Waals surface area contributed by atoms with Crippen LogP contribution in [0, 0.1) is 5.82 Å². The van der Waals surface area contributed by atoms with Crippen molar-refractivity contribution in [3.8, 4) is 11.4 Å². The highest BCUT2D eigenvalue weighted by Gasteiger charge is 2.38. The Bertz CT molecular complexity index is 1550. The van der Waals surface area contributed by atoms with Gasteiger partial charge in [0.2, 0.25) is 22.6 Å². The fraction of sp³-hybridized carbons (Fsp3) is 0.308. The SMILES string of the molecule is O=C(O)C(F)(F)F.[O-][S+]1CCc2nc(N3CCC(c4nc(-c5ccncc5)no4)CC3)nc(Nc3cccc(F)c3)c21. The van der Waals surface area contributed by atoms with E-state index in [1.54, 1.807) is 24.5 Å². The maximum absolute atomic E-state index is 13.7. The van der Waals surface area contributed by atoms with E-state index in [0.717, 1.165) is 37.2 Å². The molecule has 1 fully saturated rings. The molecule has 5 heterocycles. The molecule has 3 aromatic heterocycles. The van der Waals surface area contributed by atoms with Crippen LogP contribution in [-0.2, 0) is 22.4 Å². The van der Waals surface area contributed by atoms with E-state index in [9.17, 15) is 22.1 Å². The molecule has 11 nitrogen and oxygen atoms in total. The molecule has 0 bridgehead atoms. The van der Waals surface area contributed by atoms with Crippen molar-refractivity contribution >= 4 is 34.6 Å². The second kappa shape index (κ2) is 12.3. The summed E-state index contributed by atoms with van der Waals surface area (Å²) in [6.45, 7) is 1.44. The molecule has 0 spiro atoms. The number of hydrogen-bond donors (Lipinski definition) is 2. The van der Waals surface area contributed by atoms with Crippen LogP contribution in [-0.4, -0.2) is 65.7 Å². The normalized spacial score (nSPS) is 16.9. The minimum absolute atomic E-state index is 0.154. The maximum atomic E-state index is 13.7. The molecule has 0 saturated carbocycles. The third-order valence-electron chi connectivity index (χ3n) is 6.51. The fourth-order valence-corrected chi connectivity index (χ4v) is 5.76. The molecular weight excluding hydrogens is 582 g/mol. The van der Waals surface area contributed by atoms with Gasteiger partial charge in [-0.2, -0.15) is 23.1 Å². The third-order valence-corrected chi connectivity index (χ3v) is 7.97. The number of pyridine rings is 1. The van der Waals surface area contributed by atoms with Gasteiger partial charge in [-0.1, -0.05) is 11.2 Å². The molecule has 42 heavy (non-hydrogen) atoms. The minimum Gasteiger partial charge on any atom is -0.611 e. The predicted molar refractivity (Wildman–Crippen MR) is 142 cm³/mol. The summed E-state index contributed by atoms with van der Waals surface area (Å²) in [6, 6.07) is 9.86. The maximum Gasteiger partial charge on any atom is 0.490 e. The van der Waals surface area contributed by atoms with Crippen molar-refractivity contribution in [1.29, 1.82) is 0 Å². The minimum atomic E-state index is -5.08. The summed E-state index contributed by atoms with van der Waals surface area (Å²) in [5.74, 6) is -0.172. The number of carbonyl (C=O) groups is 1. The first kappa shape index (κ1) is 29.2. The number of aryl methyl sites for hydroxylation is 1. The number of alkyl halides is 3. The Kier molecular flexibility index (Phi) is 8.54. The van der Waals surface area contributed by atoms with Crippen molar-refractivity contribution in [1.82, 2.24) is 25.1 Å². The summed E-state index contributed by atoms with van der Waals surface area (Å²) in [5.41, 5.74) is 2.21. The van der Waals surface area contributed by atoms with Crippen LogP contribution in [0.1, 0.15) is 30.3 Å². The van der Waals surface area contributed by atoms with Crippen LogP contribution < -0.4 is 10.2 Å². The molecule has 4 aromatic rings. The van der Waals surface area contributed by atoms with Gasteiger partial charge in [-0.3, -0.25) is 4.98 Å². The van der Waals surface area contributed by atoms with Gasteiger partial charge in [-0.15, -0.1) is 0 Å². The lowest BCUT2D eigenvalue weighted by molar-refractivity contribution is -0.192. The number of nitrogens with one attached hydrogen (secondary N) is 1. The van der Waals surface area contributed by atoms with Crippen LogP contribution in [0.3, 0.4) is 0 Å². The van der Waals surface area contributed by atoms with Crippen molar-refractivity contribution in [2.75, 3.05) is 29.1 Å². The number of carboxylic acid groups (broad SMARTS) is 1. The highest BCUT2D eigenvalue weighted by Crippen LogP contribution is 2.36. The molecule has 1 unspecified atom stereocenters. The van der Waals surface area contributed by atoms with Crippen LogP contribution in [0.2, 0.25) is 0 Å². The third kappa shape index (κ3) is 6.76. The van der Waals surface area contributed by atoms with E-state index >= 15 is 0 Å². The molecule has 1 atom stereocenters. The average molecular weight is 606 g/mol. The molecule has 0 aliphatic carbocycles. The molecule has 1 aromatic carbocycles. The number of fused-ring (bicyclic) bond motifs is 1. The summed E-state index contributed by atoms with van der Waals surface area (Å²) < 4.78 is 63.6. The lowest BCUT2D eigenvalue weighted by Gasteiger charge is -2.30. The number of rotatable bonds is 5. The first-order valence-electron chi connectivity index (χ1n) is 12.7. The lowest BCUT2D eigenvalue weighted by Crippen LogP contribution is -2.34. The Hall–Kier alpha value is -4.31. The van der Waals surface area contributed by atoms with Gasteiger partial charge in [0.1, 0.15) is 17.3 Å². The van der Waals surface area contributed by atoms with Gasteiger partial charge in [0, 0.05) is 49.1 Å². The molecule has 16 heteroatoms. The number of aliphatic carboxylic acids is 1. The summed E-state index contributed by atoms with van der Waals surface area (Å²) >= 11 is -1.18. The van der Waals surface area contributed by atoms with Crippen LogP contribution in [0.4, 0.5) is 35.0 Å². The Labute approximate surface area is 239 Å². The molecule has 0 radical (unpaired) electrons. The van der Waals surface area contributed by atoms with Crippen LogP contribution in [0.5, 0.6) is 0 Å². The number of halogens is 4. The zero-order chi connectivity index (χ0) is 29.9. The number of carboxylic acids is 1. The van der Waals surface area contributed by atoms with Crippen molar-refractivity contribution < 1.29 is 36.5 Å². The number of piperidine rings is 1. The van der Waals surface area contributed by atoms with Gasteiger partial charge in [0.05, 0.1) is 0 Å². The second-order valence-electron chi connectivity index (χ2n) is 9.34. The summed E-state index contributed by atoms with van der Waals surface area (Å²) in [6.07, 6.45) is 0.584.